The Morgan fingerprint density at radius 1 is 0.667 bits per heavy atom. The Bertz CT molecular complexity index is 1390. The van der Waals surface area contributed by atoms with Crippen molar-refractivity contribution in [2.45, 2.75) is 26.2 Å². The molecule has 2 amide bonds. The number of hydrogen-bond acceptors (Lipinski definition) is 8. The highest BCUT2D eigenvalue weighted by molar-refractivity contribution is 5.90. The predicted molar refractivity (Wildman–Crippen MR) is 157 cm³/mol. The number of hydrogen-bond donors (Lipinski definition) is 4. The molecule has 0 unspecified atom stereocenters. The summed E-state index contributed by atoms with van der Waals surface area (Å²) < 4.78 is 15.0. The Morgan fingerprint density at radius 2 is 1.07 bits per heavy atom. The van der Waals surface area contributed by atoms with Crippen molar-refractivity contribution in [2.75, 3.05) is 20.3 Å². The van der Waals surface area contributed by atoms with Gasteiger partial charge in [-0.15, -0.1) is 0 Å². The monoisotopic (exact) mass is 568 g/mol. The van der Waals surface area contributed by atoms with E-state index in [4.69, 9.17) is 25.7 Å². The van der Waals surface area contributed by atoms with Crippen LogP contribution in [0, 0.1) is 23.7 Å². The Labute approximate surface area is 244 Å². The standard InChI is InChI=1S/C32H32N4O6/c1-40-30(37)29-17-27(4-2-14-41-31(38)35-21-25-10-6-23(19-33)7-11-25)16-28(18-29)5-3-15-42-32(39)36-22-26-12-8-24(20-34)9-13-26/h6-13,16-18H,14-15,19-22,33-34H2,1H3,(H,35,38)(H,36,39). The number of esters is 1. The molecule has 0 spiro atoms. The number of carbonyl (C=O) groups excluding carboxylic acids is 3. The highest BCUT2D eigenvalue weighted by atomic mass is 16.6. The summed E-state index contributed by atoms with van der Waals surface area (Å²) in [5, 5.41) is 5.30. The van der Waals surface area contributed by atoms with Crippen molar-refractivity contribution >= 4 is 18.2 Å². The highest BCUT2D eigenvalue weighted by Crippen LogP contribution is 2.11. The molecule has 0 aliphatic rings. The van der Waals surface area contributed by atoms with E-state index < -0.39 is 18.2 Å². The lowest BCUT2D eigenvalue weighted by Crippen LogP contribution is -2.23. The first-order valence-corrected chi connectivity index (χ1v) is 13.0. The average molecular weight is 569 g/mol. The number of nitrogens with two attached hydrogens (primary N) is 2. The molecular weight excluding hydrogens is 536 g/mol. The third-order valence-corrected chi connectivity index (χ3v) is 5.76. The van der Waals surface area contributed by atoms with E-state index >= 15 is 0 Å². The number of carbonyl (C=O) groups is 3. The molecule has 0 heterocycles. The van der Waals surface area contributed by atoms with E-state index in [0.717, 1.165) is 22.3 Å². The predicted octanol–water partition coefficient (Wildman–Crippen LogP) is 2.95. The SMILES string of the molecule is COC(=O)c1cc(C#CCOC(=O)NCc2ccc(CN)cc2)cc(C#CCOC(=O)NCc2ccc(CN)cc2)c1. The van der Waals surface area contributed by atoms with Gasteiger partial charge >= 0.3 is 18.2 Å². The number of amides is 2. The molecule has 3 aromatic carbocycles. The third kappa shape index (κ3) is 10.7. The van der Waals surface area contributed by atoms with Gasteiger partial charge in [0, 0.05) is 37.3 Å². The zero-order valence-corrected chi connectivity index (χ0v) is 23.2. The number of nitrogens with one attached hydrogen (secondary N) is 2. The number of ether oxygens (including phenoxy) is 3. The van der Waals surface area contributed by atoms with Crippen molar-refractivity contribution in [3.05, 3.63) is 106 Å². The molecule has 10 heteroatoms. The van der Waals surface area contributed by atoms with Crippen molar-refractivity contribution in [2.24, 2.45) is 11.5 Å². The van der Waals surface area contributed by atoms with Crippen LogP contribution in [0.1, 0.15) is 43.7 Å². The molecule has 0 aromatic heterocycles. The van der Waals surface area contributed by atoms with Gasteiger partial charge in [-0.2, -0.15) is 0 Å². The van der Waals surface area contributed by atoms with Gasteiger partial charge in [0.05, 0.1) is 12.7 Å². The second-order valence-electron chi connectivity index (χ2n) is 8.79. The van der Waals surface area contributed by atoms with E-state index in [2.05, 4.69) is 34.3 Å². The molecule has 216 valence electrons. The van der Waals surface area contributed by atoms with E-state index in [1.165, 1.54) is 7.11 Å². The highest BCUT2D eigenvalue weighted by Gasteiger charge is 2.08. The van der Waals surface area contributed by atoms with E-state index in [0.29, 0.717) is 37.3 Å². The zero-order valence-electron chi connectivity index (χ0n) is 23.2. The second kappa shape index (κ2) is 16.7. The van der Waals surface area contributed by atoms with Crippen LogP contribution in [0.15, 0.2) is 66.7 Å². The van der Waals surface area contributed by atoms with Crippen molar-refractivity contribution in [3.8, 4) is 23.7 Å². The van der Waals surface area contributed by atoms with Crippen LogP contribution < -0.4 is 22.1 Å². The van der Waals surface area contributed by atoms with Gasteiger partial charge in [-0.05, 0) is 40.5 Å². The molecule has 0 aliphatic heterocycles. The van der Waals surface area contributed by atoms with Crippen LogP contribution in [0.2, 0.25) is 0 Å². The summed E-state index contributed by atoms with van der Waals surface area (Å²) in [4.78, 5) is 36.1. The molecular formula is C32H32N4O6. The summed E-state index contributed by atoms with van der Waals surface area (Å²) in [6.45, 7) is 1.17. The average Bonchev–Trinajstić information content (AvgIpc) is 3.03. The zero-order chi connectivity index (χ0) is 30.2. The number of alkyl carbamates (subject to hydrolysis) is 2. The van der Waals surface area contributed by atoms with Gasteiger partial charge in [0.1, 0.15) is 0 Å². The van der Waals surface area contributed by atoms with Gasteiger partial charge in [-0.1, -0.05) is 72.2 Å². The van der Waals surface area contributed by atoms with Crippen LogP contribution in [-0.2, 0) is 40.4 Å². The van der Waals surface area contributed by atoms with Crippen molar-refractivity contribution in [3.63, 3.8) is 0 Å². The molecule has 10 nitrogen and oxygen atoms in total. The third-order valence-electron chi connectivity index (χ3n) is 5.76. The van der Waals surface area contributed by atoms with Crippen LogP contribution in [0.5, 0.6) is 0 Å². The molecule has 0 bridgehead atoms. The summed E-state index contributed by atoms with van der Waals surface area (Å²) in [6, 6.07) is 19.8. The first-order chi connectivity index (χ1) is 20.4. The summed E-state index contributed by atoms with van der Waals surface area (Å²) in [5.74, 6) is 10.6. The van der Waals surface area contributed by atoms with Crippen LogP contribution in [0.4, 0.5) is 9.59 Å². The van der Waals surface area contributed by atoms with Crippen LogP contribution in [0.3, 0.4) is 0 Å². The molecule has 42 heavy (non-hydrogen) atoms. The van der Waals surface area contributed by atoms with E-state index in [-0.39, 0.29) is 18.8 Å². The lowest BCUT2D eigenvalue weighted by Gasteiger charge is -2.06. The van der Waals surface area contributed by atoms with Crippen molar-refractivity contribution in [1.82, 2.24) is 10.6 Å². The first kappa shape index (κ1) is 31.2. The Kier molecular flexibility index (Phi) is 12.4. The number of rotatable bonds is 9. The van der Waals surface area contributed by atoms with E-state index in [1.807, 2.05) is 48.5 Å². The minimum absolute atomic E-state index is 0.165. The summed E-state index contributed by atoms with van der Waals surface area (Å²) in [6.07, 6.45) is -1.23. The lowest BCUT2D eigenvalue weighted by atomic mass is 10.1. The van der Waals surface area contributed by atoms with Gasteiger partial charge in [-0.3, -0.25) is 0 Å². The number of benzene rings is 3. The largest absolute Gasteiger partial charge is 0.465 e. The van der Waals surface area contributed by atoms with Crippen LogP contribution >= 0.6 is 0 Å². The molecule has 6 N–H and O–H groups in total. The maximum Gasteiger partial charge on any atom is 0.408 e. The quantitative estimate of drug-likeness (QED) is 0.175. The fraction of sp³-hybridized carbons (Fsp3) is 0.219. The molecule has 0 aliphatic carbocycles. The fourth-order valence-corrected chi connectivity index (χ4v) is 3.52. The van der Waals surface area contributed by atoms with Gasteiger partial charge < -0.3 is 36.3 Å². The Morgan fingerprint density at radius 3 is 1.45 bits per heavy atom. The lowest BCUT2D eigenvalue weighted by molar-refractivity contribution is 0.0600. The molecule has 3 rings (SSSR count). The molecule has 0 saturated carbocycles. The van der Waals surface area contributed by atoms with E-state index in [9.17, 15) is 14.4 Å². The van der Waals surface area contributed by atoms with Gasteiger partial charge in [-0.25, -0.2) is 14.4 Å². The van der Waals surface area contributed by atoms with Crippen molar-refractivity contribution < 1.29 is 28.6 Å². The van der Waals surface area contributed by atoms with Crippen LogP contribution in [-0.4, -0.2) is 38.5 Å². The normalized spacial score (nSPS) is 9.79. The molecule has 0 fully saturated rings. The summed E-state index contributed by atoms with van der Waals surface area (Å²) in [7, 11) is 1.27. The second-order valence-corrected chi connectivity index (χ2v) is 8.79. The minimum atomic E-state index is -0.615. The minimum Gasteiger partial charge on any atom is -0.465 e. The van der Waals surface area contributed by atoms with Gasteiger partial charge in [0.2, 0.25) is 0 Å². The fourth-order valence-electron chi connectivity index (χ4n) is 3.52. The Balaban J connectivity index is 1.51. The smallest absolute Gasteiger partial charge is 0.408 e. The number of methoxy groups -OCH3 is 1. The maximum atomic E-state index is 12.1. The molecule has 3 aromatic rings. The molecule has 0 radical (unpaired) electrons. The summed E-state index contributed by atoms with van der Waals surface area (Å²) in [5.41, 5.74) is 16.2. The van der Waals surface area contributed by atoms with Crippen LogP contribution in [0.25, 0.3) is 0 Å². The maximum absolute atomic E-state index is 12.1. The van der Waals surface area contributed by atoms with Gasteiger partial charge in [0.25, 0.3) is 0 Å². The van der Waals surface area contributed by atoms with E-state index in [1.54, 1.807) is 18.2 Å². The van der Waals surface area contributed by atoms with Gasteiger partial charge in [0.15, 0.2) is 13.2 Å². The molecule has 0 saturated heterocycles. The Hall–Kier alpha value is -5.29. The first-order valence-electron chi connectivity index (χ1n) is 13.0. The van der Waals surface area contributed by atoms with Crippen molar-refractivity contribution in [1.29, 1.82) is 0 Å². The topological polar surface area (TPSA) is 155 Å². The molecule has 0 atom stereocenters. The summed E-state index contributed by atoms with van der Waals surface area (Å²) >= 11 is 0.